The first kappa shape index (κ1) is 21.5. The summed E-state index contributed by atoms with van der Waals surface area (Å²) in [7, 11) is 0. The van der Waals surface area contributed by atoms with Crippen LogP contribution in [0.3, 0.4) is 0 Å². The Morgan fingerprint density at radius 2 is 1.04 bits per heavy atom. The van der Waals surface area contributed by atoms with Gasteiger partial charge in [-0.25, -0.2) is 36.7 Å². The minimum Gasteiger partial charge on any atom is -0.368 e. The molecule has 2 amide bonds. The van der Waals surface area contributed by atoms with Crippen LogP contribution < -0.4 is 22.1 Å². The number of hydrogen-bond acceptors (Lipinski definition) is 8. The van der Waals surface area contributed by atoms with Gasteiger partial charge in [-0.15, -0.1) is 0 Å². The van der Waals surface area contributed by atoms with Crippen LogP contribution in [0.25, 0.3) is 0 Å². The molecular weight excluding hydrogens is 348 g/mol. The molecule has 0 aromatic heterocycles. The van der Waals surface area contributed by atoms with Crippen molar-refractivity contribution in [3.05, 3.63) is 0 Å². The maximum atomic E-state index is 12.3. The molecule has 0 radical (unpaired) electrons. The van der Waals surface area contributed by atoms with Crippen LogP contribution in [0, 0.1) is 0 Å². The molecule has 0 fully saturated rings. The van der Waals surface area contributed by atoms with Crippen molar-refractivity contribution in [1.82, 2.24) is 10.6 Å². The number of alkyl carbamates (subject to hydrolysis) is 2. The van der Waals surface area contributed by atoms with Crippen LogP contribution in [0.1, 0.15) is 0 Å². The molecule has 0 aliphatic carbocycles. The number of nitrogens with one attached hydrogen (secondary N) is 2. The van der Waals surface area contributed by atoms with Crippen LogP contribution in [0.2, 0.25) is 0 Å². The Hall–Kier alpha value is -2.48. The van der Waals surface area contributed by atoms with Gasteiger partial charge in [0.1, 0.15) is 12.1 Å². The predicted octanol–water partition coefficient (Wildman–Crippen LogP) is -1.32. The summed E-state index contributed by atoms with van der Waals surface area (Å²) < 4.78 is 56.7. The Kier molecular flexibility index (Phi) is 9.26. The van der Waals surface area contributed by atoms with Crippen LogP contribution in [-0.2, 0) is 19.1 Å². The van der Waals surface area contributed by atoms with Gasteiger partial charge in [-0.2, -0.15) is 0 Å². The van der Waals surface area contributed by atoms with Crippen LogP contribution in [-0.4, -0.2) is 62.1 Å². The SMILES string of the molecule is NCC(NC(=O)OC(=O)C(=O)OC(=O)NC(CN)C(F)F)C(F)F. The number of nitrogens with two attached hydrogens (primary N) is 2. The molecule has 0 aromatic rings. The summed E-state index contributed by atoms with van der Waals surface area (Å²) in [6, 6.07) is -3.69. The lowest BCUT2D eigenvalue weighted by Crippen LogP contribution is -2.47. The Balaban J connectivity index is 4.44. The molecule has 0 aromatic carbocycles. The molecule has 0 aliphatic rings. The third-order valence-electron chi connectivity index (χ3n) is 2.26. The standard InChI is InChI=1S/C10H14F4N4O6/c11-5(12)3(1-15)17-9(21)23-7(19)8(20)24-10(22)18-4(2-16)6(13)14/h3-6H,1-2,15-16H2,(H,17,21)(H,18,22). The number of alkyl halides is 4. The second-order valence-corrected chi connectivity index (χ2v) is 4.00. The number of amides is 2. The number of carbonyl (C=O) groups is 4. The van der Waals surface area contributed by atoms with Gasteiger partial charge in [-0.05, 0) is 0 Å². The van der Waals surface area contributed by atoms with Gasteiger partial charge in [0.05, 0.1) is 0 Å². The van der Waals surface area contributed by atoms with Crippen molar-refractivity contribution in [2.75, 3.05) is 13.1 Å². The Bertz CT molecular complexity index is 436. The number of carbonyl (C=O) groups excluding carboxylic acids is 4. The minimum atomic E-state index is -3.07. The fourth-order valence-corrected chi connectivity index (χ4v) is 1.06. The summed E-state index contributed by atoms with van der Waals surface area (Å²) in [5, 5.41) is 2.96. The zero-order valence-electron chi connectivity index (χ0n) is 11.8. The van der Waals surface area contributed by atoms with Gasteiger partial charge in [0.2, 0.25) is 0 Å². The normalized spacial score (nSPS) is 13.2. The smallest absolute Gasteiger partial charge is 0.368 e. The topological polar surface area (TPSA) is 163 Å². The monoisotopic (exact) mass is 362 g/mol. The highest BCUT2D eigenvalue weighted by molar-refractivity contribution is 6.33. The zero-order valence-corrected chi connectivity index (χ0v) is 11.8. The highest BCUT2D eigenvalue weighted by Gasteiger charge is 2.29. The first-order valence-electron chi connectivity index (χ1n) is 6.13. The molecule has 14 heteroatoms. The summed E-state index contributed by atoms with van der Waals surface area (Å²) in [6.07, 6.45) is -9.64. The van der Waals surface area contributed by atoms with Gasteiger partial charge >= 0.3 is 24.1 Å². The van der Waals surface area contributed by atoms with E-state index in [0.29, 0.717) is 0 Å². The number of ether oxygens (including phenoxy) is 2. The van der Waals surface area contributed by atoms with Crippen LogP contribution in [0.15, 0.2) is 0 Å². The van der Waals surface area contributed by atoms with E-state index < -0.39 is 62.1 Å². The van der Waals surface area contributed by atoms with E-state index in [9.17, 15) is 36.7 Å². The summed E-state index contributed by atoms with van der Waals surface area (Å²) in [4.78, 5) is 44.3. The van der Waals surface area contributed by atoms with E-state index in [-0.39, 0.29) is 0 Å². The lowest BCUT2D eigenvalue weighted by Gasteiger charge is -2.15. The van der Waals surface area contributed by atoms with E-state index in [0.717, 1.165) is 0 Å². The van der Waals surface area contributed by atoms with Gasteiger partial charge < -0.3 is 31.6 Å². The third kappa shape index (κ3) is 7.68. The lowest BCUT2D eigenvalue weighted by molar-refractivity contribution is -0.160. The number of halogens is 4. The Labute approximate surface area is 131 Å². The second kappa shape index (κ2) is 10.3. The molecule has 2 unspecified atom stereocenters. The molecule has 0 rings (SSSR count). The van der Waals surface area contributed by atoms with Gasteiger partial charge in [0.25, 0.3) is 12.9 Å². The van der Waals surface area contributed by atoms with Gasteiger partial charge in [-0.3, -0.25) is 0 Å². The first-order valence-corrected chi connectivity index (χ1v) is 6.13. The van der Waals surface area contributed by atoms with E-state index in [1.807, 2.05) is 0 Å². The lowest BCUT2D eigenvalue weighted by atomic mass is 10.3. The van der Waals surface area contributed by atoms with Crippen molar-refractivity contribution in [2.24, 2.45) is 11.5 Å². The van der Waals surface area contributed by atoms with Crippen molar-refractivity contribution < 1.29 is 46.2 Å². The highest BCUT2D eigenvalue weighted by Crippen LogP contribution is 2.01. The molecule has 0 bridgehead atoms. The van der Waals surface area contributed by atoms with Crippen molar-refractivity contribution in [1.29, 1.82) is 0 Å². The van der Waals surface area contributed by atoms with E-state index in [1.165, 1.54) is 10.6 Å². The molecular formula is C10H14F4N4O6. The summed E-state index contributed by atoms with van der Waals surface area (Å²) in [5.41, 5.74) is 9.82. The van der Waals surface area contributed by atoms with Crippen LogP contribution >= 0.6 is 0 Å². The maximum Gasteiger partial charge on any atom is 0.426 e. The molecule has 0 saturated heterocycles. The van der Waals surface area contributed by atoms with Crippen molar-refractivity contribution in [3.63, 3.8) is 0 Å². The van der Waals surface area contributed by atoms with E-state index in [4.69, 9.17) is 11.5 Å². The van der Waals surface area contributed by atoms with E-state index in [1.54, 1.807) is 0 Å². The minimum absolute atomic E-state index is 0.693. The maximum absolute atomic E-state index is 12.3. The van der Waals surface area contributed by atoms with E-state index in [2.05, 4.69) is 9.47 Å². The van der Waals surface area contributed by atoms with Crippen LogP contribution in [0.5, 0.6) is 0 Å². The van der Waals surface area contributed by atoms with Crippen LogP contribution in [0.4, 0.5) is 27.2 Å². The molecule has 0 saturated carbocycles. The number of esters is 2. The largest absolute Gasteiger partial charge is 0.426 e. The average Bonchev–Trinajstić information content (AvgIpc) is 2.49. The van der Waals surface area contributed by atoms with E-state index >= 15 is 0 Å². The van der Waals surface area contributed by atoms with Gasteiger partial charge in [-0.1, -0.05) is 0 Å². The Morgan fingerprint density at radius 3 is 1.25 bits per heavy atom. The average molecular weight is 362 g/mol. The molecule has 2 atom stereocenters. The molecule has 6 N–H and O–H groups in total. The second-order valence-electron chi connectivity index (χ2n) is 4.00. The molecule has 138 valence electrons. The fourth-order valence-electron chi connectivity index (χ4n) is 1.06. The quantitative estimate of drug-likeness (QED) is 0.196. The molecule has 0 spiro atoms. The van der Waals surface area contributed by atoms with Gasteiger partial charge in [0, 0.05) is 13.1 Å². The van der Waals surface area contributed by atoms with Crippen molar-refractivity contribution >= 4 is 24.1 Å². The first-order chi connectivity index (χ1) is 11.1. The summed E-state index contributed by atoms with van der Waals surface area (Å²) >= 11 is 0. The Morgan fingerprint density at radius 1 is 0.750 bits per heavy atom. The number of rotatable bonds is 6. The van der Waals surface area contributed by atoms with Crippen molar-refractivity contribution in [3.8, 4) is 0 Å². The predicted molar refractivity (Wildman–Crippen MR) is 66.9 cm³/mol. The molecule has 10 nitrogen and oxygen atoms in total. The van der Waals surface area contributed by atoms with Crippen molar-refractivity contribution in [2.45, 2.75) is 24.9 Å². The molecule has 24 heavy (non-hydrogen) atoms. The third-order valence-corrected chi connectivity index (χ3v) is 2.26. The summed E-state index contributed by atoms with van der Waals surface area (Å²) in [5.74, 6) is -4.09. The highest BCUT2D eigenvalue weighted by atomic mass is 19.3. The molecule has 0 heterocycles. The zero-order chi connectivity index (χ0) is 18.9. The molecule has 0 aliphatic heterocycles. The number of hydrogen-bond donors (Lipinski definition) is 4. The fraction of sp³-hybridized carbons (Fsp3) is 0.600. The van der Waals surface area contributed by atoms with Gasteiger partial charge in [0.15, 0.2) is 0 Å². The summed E-state index contributed by atoms with van der Waals surface area (Å²) in [6.45, 7) is -1.39.